The van der Waals surface area contributed by atoms with Crippen molar-refractivity contribution in [3.05, 3.63) is 51.6 Å². The van der Waals surface area contributed by atoms with E-state index in [2.05, 4.69) is 15.3 Å². The Kier molecular flexibility index (Phi) is 5.11. The van der Waals surface area contributed by atoms with Crippen LogP contribution >= 0.6 is 0 Å². The molecule has 1 heterocycles. The Morgan fingerprint density at radius 1 is 1.50 bits per heavy atom. The van der Waals surface area contributed by atoms with Crippen LogP contribution < -0.4 is 16.6 Å². The van der Waals surface area contributed by atoms with Crippen molar-refractivity contribution in [3.63, 3.8) is 0 Å². The van der Waals surface area contributed by atoms with Crippen LogP contribution in [0.5, 0.6) is 0 Å². The van der Waals surface area contributed by atoms with Gasteiger partial charge in [0.05, 0.1) is 6.61 Å². The first-order valence-electron chi connectivity index (χ1n) is 6.74. The van der Waals surface area contributed by atoms with E-state index >= 15 is 0 Å². The van der Waals surface area contributed by atoms with Crippen LogP contribution in [-0.2, 0) is 11.2 Å². The fourth-order valence-electron chi connectivity index (χ4n) is 2.00. The largest absolute Gasteiger partial charge is 0.399 e. The Balaban J connectivity index is 2.29. The number of nitrogens with one attached hydrogen (secondary N) is 2. The SMILES string of the molecule is COCCNc1nc(Cc2cccc(N)c2)[nH]c(=O)c1C#N. The first kappa shape index (κ1) is 15.5. The quantitative estimate of drug-likeness (QED) is 0.538. The number of methoxy groups -OCH3 is 1. The predicted molar refractivity (Wildman–Crippen MR) is 83.6 cm³/mol. The van der Waals surface area contributed by atoms with E-state index in [1.807, 2.05) is 24.3 Å². The molecule has 1 aromatic carbocycles. The van der Waals surface area contributed by atoms with E-state index in [1.165, 1.54) is 0 Å². The number of anilines is 2. The summed E-state index contributed by atoms with van der Waals surface area (Å²) < 4.78 is 4.93. The zero-order chi connectivity index (χ0) is 15.9. The minimum atomic E-state index is -0.462. The Morgan fingerprint density at radius 3 is 3.00 bits per heavy atom. The molecular weight excluding hydrogens is 282 g/mol. The van der Waals surface area contributed by atoms with Gasteiger partial charge in [-0.3, -0.25) is 4.79 Å². The summed E-state index contributed by atoms with van der Waals surface area (Å²) in [5.41, 5.74) is 6.81. The van der Waals surface area contributed by atoms with E-state index in [1.54, 1.807) is 13.2 Å². The number of hydrogen-bond acceptors (Lipinski definition) is 6. The third kappa shape index (κ3) is 3.84. The van der Waals surface area contributed by atoms with Gasteiger partial charge >= 0.3 is 0 Å². The molecule has 0 unspecified atom stereocenters. The lowest BCUT2D eigenvalue weighted by Gasteiger charge is -2.09. The topological polar surface area (TPSA) is 117 Å². The molecule has 4 N–H and O–H groups in total. The van der Waals surface area contributed by atoms with Crippen LogP contribution in [0.3, 0.4) is 0 Å². The summed E-state index contributed by atoms with van der Waals surface area (Å²) in [7, 11) is 1.57. The highest BCUT2D eigenvalue weighted by Crippen LogP contribution is 2.12. The number of aromatic nitrogens is 2. The summed E-state index contributed by atoms with van der Waals surface area (Å²) in [6.45, 7) is 0.906. The lowest BCUT2D eigenvalue weighted by molar-refractivity contribution is 0.210. The Hall–Kier alpha value is -2.85. The van der Waals surface area contributed by atoms with Gasteiger partial charge in [-0.2, -0.15) is 5.26 Å². The maximum atomic E-state index is 12.0. The van der Waals surface area contributed by atoms with Gasteiger partial charge in [-0.15, -0.1) is 0 Å². The van der Waals surface area contributed by atoms with Gasteiger partial charge in [-0.05, 0) is 17.7 Å². The molecule has 1 aromatic heterocycles. The minimum Gasteiger partial charge on any atom is -0.399 e. The molecule has 0 fully saturated rings. The molecule has 0 saturated heterocycles. The van der Waals surface area contributed by atoms with Crippen LogP contribution in [0.15, 0.2) is 29.1 Å². The van der Waals surface area contributed by atoms with Gasteiger partial charge in [0.15, 0.2) is 11.4 Å². The zero-order valence-corrected chi connectivity index (χ0v) is 12.2. The molecule has 114 valence electrons. The third-order valence-corrected chi connectivity index (χ3v) is 3.00. The van der Waals surface area contributed by atoms with Crippen LogP contribution in [0.25, 0.3) is 0 Å². The van der Waals surface area contributed by atoms with Gasteiger partial charge in [-0.1, -0.05) is 12.1 Å². The van der Waals surface area contributed by atoms with Crippen molar-refractivity contribution < 1.29 is 4.74 Å². The van der Waals surface area contributed by atoms with Gasteiger partial charge < -0.3 is 20.8 Å². The number of nitrogens with zero attached hydrogens (tertiary/aromatic N) is 2. The van der Waals surface area contributed by atoms with E-state index in [4.69, 9.17) is 15.7 Å². The number of nitrogens with two attached hydrogens (primary N) is 1. The number of H-pyrrole nitrogens is 1. The molecule has 0 aliphatic carbocycles. The summed E-state index contributed by atoms with van der Waals surface area (Å²) in [6.07, 6.45) is 0.422. The van der Waals surface area contributed by atoms with Crippen molar-refractivity contribution in [2.24, 2.45) is 0 Å². The monoisotopic (exact) mass is 299 g/mol. The summed E-state index contributed by atoms with van der Waals surface area (Å²) in [5, 5.41) is 12.0. The van der Waals surface area contributed by atoms with Crippen molar-refractivity contribution in [3.8, 4) is 6.07 Å². The molecule has 22 heavy (non-hydrogen) atoms. The molecule has 0 amide bonds. The van der Waals surface area contributed by atoms with E-state index in [-0.39, 0.29) is 11.4 Å². The van der Waals surface area contributed by atoms with Crippen LogP contribution in [0.2, 0.25) is 0 Å². The number of ether oxygens (including phenoxy) is 1. The molecule has 0 spiro atoms. The predicted octanol–water partition coefficient (Wildman–Crippen LogP) is 0.873. The molecule has 7 nitrogen and oxygen atoms in total. The molecule has 0 saturated carbocycles. The number of benzene rings is 1. The molecule has 0 aliphatic heterocycles. The second-order valence-corrected chi connectivity index (χ2v) is 4.69. The molecular formula is C15H17N5O2. The number of rotatable bonds is 6. The average molecular weight is 299 g/mol. The Bertz CT molecular complexity index is 748. The molecule has 7 heteroatoms. The van der Waals surface area contributed by atoms with Crippen molar-refractivity contribution >= 4 is 11.5 Å². The first-order chi connectivity index (χ1) is 10.6. The van der Waals surface area contributed by atoms with E-state index in [0.717, 1.165) is 5.56 Å². The molecule has 0 bridgehead atoms. The van der Waals surface area contributed by atoms with Crippen LogP contribution in [-0.4, -0.2) is 30.2 Å². The van der Waals surface area contributed by atoms with E-state index in [9.17, 15) is 4.79 Å². The highest BCUT2D eigenvalue weighted by molar-refractivity contribution is 5.51. The first-order valence-corrected chi connectivity index (χ1v) is 6.74. The fraction of sp³-hybridized carbons (Fsp3) is 0.267. The maximum Gasteiger partial charge on any atom is 0.271 e. The fourth-order valence-corrected chi connectivity index (χ4v) is 2.00. The van der Waals surface area contributed by atoms with Crippen LogP contribution in [0.4, 0.5) is 11.5 Å². The van der Waals surface area contributed by atoms with Gasteiger partial charge in [0.1, 0.15) is 11.9 Å². The van der Waals surface area contributed by atoms with Crippen molar-refractivity contribution in [1.29, 1.82) is 5.26 Å². The molecule has 2 aromatic rings. The van der Waals surface area contributed by atoms with Crippen LogP contribution in [0.1, 0.15) is 17.0 Å². The minimum absolute atomic E-state index is 0.0348. The van der Waals surface area contributed by atoms with Crippen molar-refractivity contribution in [2.45, 2.75) is 6.42 Å². The number of nitriles is 1. The molecule has 0 radical (unpaired) electrons. The van der Waals surface area contributed by atoms with Gasteiger partial charge in [0.25, 0.3) is 5.56 Å². The maximum absolute atomic E-state index is 12.0. The number of aromatic amines is 1. The lowest BCUT2D eigenvalue weighted by Crippen LogP contribution is -2.20. The smallest absolute Gasteiger partial charge is 0.271 e. The van der Waals surface area contributed by atoms with Crippen LogP contribution in [0, 0.1) is 11.3 Å². The van der Waals surface area contributed by atoms with Crippen molar-refractivity contribution in [2.75, 3.05) is 31.3 Å². The third-order valence-electron chi connectivity index (χ3n) is 3.00. The van der Waals surface area contributed by atoms with Gasteiger partial charge in [0.2, 0.25) is 0 Å². The zero-order valence-electron chi connectivity index (χ0n) is 12.2. The van der Waals surface area contributed by atoms with Gasteiger partial charge in [-0.25, -0.2) is 4.98 Å². The second-order valence-electron chi connectivity index (χ2n) is 4.69. The molecule has 0 atom stereocenters. The summed E-state index contributed by atoms with van der Waals surface area (Å²) in [4.78, 5) is 18.9. The average Bonchev–Trinajstić information content (AvgIpc) is 2.47. The summed E-state index contributed by atoms with van der Waals surface area (Å²) in [5.74, 6) is 0.733. The Morgan fingerprint density at radius 2 is 2.32 bits per heavy atom. The van der Waals surface area contributed by atoms with Gasteiger partial charge in [0, 0.05) is 25.8 Å². The number of hydrogen-bond donors (Lipinski definition) is 3. The standard InChI is InChI=1S/C15H17N5O2/c1-22-6-5-18-14-12(9-16)15(21)20-13(19-14)8-10-3-2-4-11(17)7-10/h2-4,7H,5-6,8,17H2,1H3,(H2,18,19,20,21). The Labute approximate surface area is 127 Å². The normalized spacial score (nSPS) is 10.2. The van der Waals surface area contributed by atoms with E-state index < -0.39 is 5.56 Å². The van der Waals surface area contributed by atoms with E-state index in [0.29, 0.717) is 31.1 Å². The number of nitrogen functional groups attached to an aromatic ring is 1. The highest BCUT2D eigenvalue weighted by Gasteiger charge is 2.11. The second kappa shape index (κ2) is 7.24. The highest BCUT2D eigenvalue weighted by atomic mass is 16.5. The molecule has 2 rings (SSSR count). The summed E-state index contributed by atoms with van der Waals surface area (Å²) >= 11 is 0. The summed E-state index contributed by atoms with van der Waals surface area (Å²) in [6, 6.07) is 9.20. The van der Waals surface area contributed by atoms with Crippen molar-refractivity contribution in [1.82, 2.24) is 9.97 Å². The lowest BCUT2D eigenvalue weighted by atomic mass is 10.1. The molecule has 0 aliphatic rings.